The molecule has 5 nitrogen and oxygen atoms in total. The number of anilines is 2. The summed E-state index contributed by atoms with van der Waals surface area (Å²) < 4.78 is 26.2. The number of nitrogens with two attached hydrogens (primary N) is 1. The predicted molar refractivity (Wildman–Crippen MR) is 61.5 cm³/mol. The maximum absolute atomic E-state index is 11.8. The van der Waals surface area contributed by atoms with Crippen molar-refractivity contribution in [2.75, 3.05) is 17.3 Å². The molecule has 0 saturated heterocycles. The molecule has 1 fully saturated rings. The van der Waals surface area contributed by atoms with Crippen molar-refractivity contribution in [3.8, 4) is 0 Å². The minimum atomic E-state index is -3.34. The van der Waals surface area contributed by atoms with Gasteiger partial charge in [-0.2, -0.15) is 4.72 Å². The molecule has 1 aromatic rings. The Labute approximate surface area is 94.3 Å². The van der Waals surface area contributed by atoms with Crippen molar-refractivity contribution >= 4 is 21.4 Å². The van der Waals surface area contributed by atoms with Crippen LogP contribution < -0.4 is 15.4 Å². The van der Waals surface area contributed by atoms with Crippen LogP contribution in [0.15, 0.2) is 23.1 Å². The number of rotatable bonds is 1. The van der Waals surface area contributed by atoms with Gasteiger partial charge in [0.2, 0.25) is 10.0 Å². The third kappa shape index (κ3) is 1.45. The fraction of sp³-hybridized carbons (Fsp3) is 0.400. The van der Waals surface area contributed by atoms with E-state index >= 15 is 0 Å². The van der Waals surface area contributed by atoms with Crippen molar-refractivity contribution in [3.63, 3.8) is 0 Å². The molecular formula is C10H13N3O2S. The number of hydrogen-bond acceptors (Lipinski definition) is 4. The Morgan fingerprint density at radius 2 is 2.12 bits per heavy atom. The van der Waals surface area contributed by atoms with Gasteiger partial charge < -0.3 is 10.6 Å². The number of nitrogens with zero attached hydrogens (tertiary/aromatic N) is 1. The molecule has 0 bridgehead atoms. The van der Waals surface area contributed by atoms with Crippen LogP contribution >= 0.6 is 0 Å². The van der Waals surface area contributed by atoms with Crippen LogP contribution in [0.25, 0.3) is 0 Å². The highest BCUT2D eigenvalue weighted by Crippen LogP contribution is 2.37. The first kappa shape index (κ1) is 9.92. The maximum atomic E-state index is 11.8. The van der Waals surface area contributed by atoms with Crippen molar-refractivity contribution < 1.29 is 8.42 Å². The van der Waals surface area contributed by atoms with Gasteiger partial charge >= 0.3 is 0 Å². The van der Waals surface area contributed by atoms with Gasteiger partial charge in [0.15, 0.2) is 0 Å². The lowest BCUT2D eigenvalue weighted by atomic mass is 10.2. The van der Waals surface area contributed by atoms with Crippen molar-refractivity contribution in [1.82, 2.24) is 4.72 Å². The van der Waals surface area contributed by atoms with Gasteiger partial charge in [-0.25, -0.2) is 8.42 Å². The van der Waals surface area contributed by atoms with Gasteiger partial charge in [0.05, 0.1) is 12.4 Å². The molecule has 86 valence electrons. The second-order valence-electron chi connectivity index (χ2n) is 4.23. The molecule has 16 heavy (non-hydrogen) atoms. The summed E-state index contributed by atoms with van der Waals surface area (Å²) in [6.07, 6.45) is 2.24. The molecule has 3 N–H and O–H groups in total. The molecule has 0 radical (unpaired) electrons. The molecule has 1 aromatic carbocycles. The van der Waals surface area contributed by atoms with Crippen molar-refractivity contribution in [1.29, 1.82) is 0 Å². The zero-order valence-corrected chi connectivity index (χ0v) is 9.50. The van der Waals surface area contributed by atoms with Crippen LogP contribution in [-0.2, 0) is 10.0 Å². The zero-order chi connectivity index (χ0) is 11.3. The lowest BCUT2D eigenvalue weighted by Gasteiger charge is -2.31. The number of sulfonamides is 1. The smallest absolute Gasteiger partial charge is 0.244 e. The van der Waals surface area contributed by atoms with Crippen molar-refractivity contribution in [3.05, 3.63) is 18.2 Å². The minimum absolute atomic E-state index is 0.333. The Morgan fingerprint density at radius 3 is 2.81 bits per heavy atom. The van der Waals surface area contributed by atoms with Gasteiger partial charge in [0.1, 0.15) is 4.90 Å². The second kappa shape index (κ2) is 3.11. The summed E-state index contributed by atoms with van der Waals surface area (Å²) in [7, 11) is -3.34. The van der Waals surface area contributed by atoms with Gasteiger partial charge in [-0.1, -0.05) is 0 Å². The molecule has 0 spiro atoms. The predicted octanol–water partition coefficient (Wildman–Crippen LogP) is 0.487. The highest BCUT2D eigenvalue weighted by Gasteiger charge is 2.36. The SMILES string of the molecule is Nc1ccc2c(c1)N(C1CC1)CNS2(=O)=O. The molecule has 3 rings (SSSR count). The van der Waals surface area contributed by atoms with Gasteiger partial charge in [-0.3, -0.25) is 0 Å². The first-order chi connectivity index (χ1) is 7.58. The number of nitrogens with one attached hydrogen (secondary N) is 1. The first-order valence-electron chi connectivity index (χ1n) is 5.24. The molecule has 2 aliphatic rings. The summed E-state index contributed by atoms with van der Waals surface area (Å²) in [6.45, 7) is 0.351. The Kier molecular flexibility index (Phi) is 1.93. The third-order valence-corrected chi connectivity index (χ3v) is 4.43. The summed E-state index contributed by atoms with van der Waals surface area (Å²) in [6, 6.07) is 5.39. The lowest BCUT2D eigenvalue weighted by molar-refractivity contribution is 0.570. The molecule has 1 saturated carbocycles. The fourth-order valence-corrected chi connectivity index (χ4v) is 3.18. The van der Waals surface area contributed by atoms with E-state index in [0.29, 0.717) is 23.3 Å². The number of fused-ring (bicyclic) bond motifs is 1. The molecule has 0 amide bonds. The fourth-order valence-electron chi connectivity index (χ4n) is 2.02. The second-order valence-corrected chi connectivity index (χ2v) is 5.97. The van der Waals surface area contributed by atoms with Gasteiger partial charge in [0.25, 0.3) is 0 Å². The van der Waals surface area contributed by atoms with Crippen LogP contribution in [0.2, 0.25) is 0 Å². The molecule has 6 heteroatoms. The summed E-state index contributed by atoms with van der Waals surface area (Å²) in [5, 5.41) is 0. The molecule has 1 aliphatic carbocycles. The normalized spacial score (nSPS) is 22.9. The van der Waals surface area contributed by atoms with E-state index in [1.807, 2.05) is 0 Å². The molecule has 0 aromatic heterocycles. The van der Waals surface area contributed by atoms with E-state index < -0.39 is 10.0 Å². The van der Waals surface area contributed by atoms with Crippen LogP contribution in [0, 0.1) is 0 Å². The van der Waals surface area contributed by atoms with Gasteiger partial charge in [-0.05, 0) is 31.0 Å². The van der Waals surface area contributed by atoms with E-state index in [0.717, 1.165) is 18.5 Å². The Bertz CT molecular complexity index is 537. The Balaban J connectivity index is 2.17. The molecular weight excluding hydrogens is 226 g/mol. The van der Waals surface area contributed by atoms with Gasteiger partial charge in [-0.15, -0.1) is 0 Å². The summed E-state index contributed by atoms with van der Waals surface area (Å²) >= 11 is 0. The van der Waals surface area contributed by atoms with E-state index in [9.17, 15) is 8.42 Å². The van der Waals surface area contributed by atoms with Gasteiger partial charge in [0, 0.05) is 11.7 Å². The van der Waals surface area contributed by atoms with Crippen molar-refractivity contribution in [2.45, 2.75) is 23.8 Å². The lowest BCUT2D eigenvalue weighted by Crippen LogP contribution is -2.44. The summed E-state index contributed by atoms with van der Waals surface area (Å²) in [5.74, 6) is 0. The maximum Gasteiger partial charge on any atom is 0.244 e. The van der Waals surface area contributed by atoms with E-state index in [4.69, 9.17) is 5.73 Å². The standard InChI is InChI=1S/C10H13N3O2S/c11-7-1-4-10-9(5-7)13(8-2-3-8)6-12-16(10,14)15/h1,4-5,8,12H,2-3,6,11H2. The van der Waals surface area contributed by atoms with E-state index in [1.54, 1.807) is 18.2 Å². The minimum Gasteiger partial charge on any atom is -0.399 e. The average Bonchev–Trinajstić information content (AvgIpc) is 3.01. The van der Waals surface area contributed by atoms with E-state index in [1.165, 1.54) is 0 Å². The summed E-state index contributed by atoms with van der Waals surface area (Å²) in [4.78, 5) is 2.41. The third-order valence-electron chi connectivity index (χ3n) is 2.99. The van der Waals surface area contributed by atoms with Crippen molar-refractivity contribution in [2.24, 2.45) is 0 Å². The van der Waals surface area contributed by atoms with Crippen LogP contribution in [0.4, 0.5) is 11.4 Å². The van der Waals surface area contributed by atoms with Crippen LogP contribution in [-0.4, -0.2) is 21.1 Å². The summed E-state index contributed by atoms with van der Waals surface area (Å²) in [5.41, 5.74) is 7.05. The van der Waals surface area contributed by atoms with E-state index in [2.05, 4.69) is 9.62 Å². The first-order valence-corrected chi connectivity index (χ1v) is 6.72. The monoisotopic (exact) mass is 239 g/mol. The molecule has 1 heterocycles. The zero-order valence-electron chi connectivity index (χ0n) is 8.68. The topological polar surface area (TPSA) is 75.4 Å². The Hall–Kier alpha value is -1.27. The van der Waals surface area contributed by atoms with Crippen LogP contribution in [0.1, 0.15) is 12.8 Å². The molecule has 0 atom stereocenters. The Morgan fingerprint density at radius 1 is 1.38 bits per heavy atom. The quantitative estimate of drug-likeness (QED) is 0.699. The average molecular weight is 239 g/mol. The number of nitrogen functional groups attached to an aromatic ring is 1. The highest BCUT2D eigenvalue weighted by molar-refractivity contribution is 7.89. The molecule has 1 aliphatic heterocycles. The largest absolute Gasteiger partial charge is 0.399 e. The number of benzene rings is 1. The van der Waals surface area contributed by atoms with E-state index in [-0.39, 0.29) is 0 Å². The molecule has 0 unspecified atom stereocenters. The van der Waals surface area contributed by atoms with Crippen LogP contribution in [0.5, 0.6) is 0 Å². The number of hydrogen-bond donors (Lipinski definition) is 2. The highest BCUT2D eigenvalue weighted by atomic mass is 32.2. The van der Waals surface area contributed by atoms with Crippen LogP contribution in [0.3, 0.4) is 0 Å².